The van der Waals surface area contributed by atoms with E-state index in [1.807, 2.05) is 0 Å². The van der Waals surface area contributed by atoms with E-state index in [0.717, 1.165) is 0 Å². The number of methoxy groups -OCH3 is 1. The van der Waals surface area contributed by atoms with E-state index in [4.69, 9.17) is 14.2 Å². The Morgan fingerprint density at radius 2 is 1.65 bits per heavy atom. The summed E-state index contributed by atoms with van der Waals surface area (Å²) >= 11 is 0. The van der Waals surface area contributed by atoms with Gasteiger partial charge >= 0.3 is 12.1 Å². The SMILES string of the molecule is COC(=O)C(C)(C)NC(=O)[C@@H]1COCc2cn(nn2)CCCC(NC(=O)OC(C)(C)C)C(=O)NC(C)(C)C(=O)NC(C)(C)C(=O)N1. The Morgan fingerprint density at radius 3 is 2.26 bits per heavy atom. The first kappa shape index (κ1) is 37.9. The van der Waals surface area contributed by atoms with Crippen molar-refractivity contribution in [2.24, 2.45) is 0 Å². The van der Waals surface area contributed by atoms with Crippen LogP contribution in [0, 0.1) is 0 Å². The maximum Gasteiger partial charge on any atom is 0.408 e. The van der Waals surface area contributed by atoms with Gasteiger partial charge in [-0.1, -0.05) is 5.21 Å². The van der Waals surface area contributed by atoms with Crippen molar-refractivity contribution < 1.29 is 43.0 Å². The highest BCUT2D eigenvalue weighted by molar-refractivity contribution is 5.99. The van der Waals surface area contributed by atoms with Gasteiger partial charge in [0.2, 0.25) is 23.6 Å². The van der Waals surface area contributed by atoms with Crippen molar-refractivity contribution in [3.63, 3.8) is 0 Å². The molecule has 1 aliphatic rings. The van der Waals surface area contributed by atoms with Crippen LogP contribution < -0.4 is 26.6 Å². The van der Waals surface area contributed by atoms with E-state index < -0.39 is 70.0 Å². The second kappa shape index (κ2) is 14.9. The summed E-state index contributed by atoms with van der Waals surface area (Å²) in [5.41, 5.74) is -4.94. The Hall–Kier alpha value is -4.28. The molecule has 0 spiro atoms. The summed E-state index contributed by atoms with van der Waals surface area (Å²) in [6, 6.07) is -2.36. The van der Waals surface area contributed by atoms with Gasteiger partial charge in [0.05, 0.1) is 26.5 Å². The highest BCUT2D eigenvalue weighted by atomic mass is 16.6. The van der Waals surface area contributed by atoms with E-state index >= 15 is 0 Å². The summed E-state index contributed by atoms with van der Waals surface area (Å²) in [6.45, 7) is 13.6. The highest BCUT2D eigenvalue weighted by Gasteiger charge is 2.40. The number of fused-ring (bicyclic) bond motifs is 2. The van der Waals surface area contributed by atoms with Crippen LogP contribution in [0.4, 0.5) is 4.79 Å². The Bertz CT molecular complexity index is 1300. The number of rotatable bonds is 4. The molecule has 1 aliphatic heterocycles. The summed E-state index contributed by atoms with van der Waals surface area (Å²) < 4.78 is 17.3. The average molecular weight is 653 g/mol. The van der Waals surface area contributed by atoms with Gasteiger partial charge in [0.15, 0.2) is 0 Å². The Labute approximate surface area is 268 Å². The van der Waals surface area contributed by atoms with Crippen molar-refractivity contribution in [1.29, 1.82) is 0 Å². The van der Waals surface area contributed by atoms with Crippen LogP contribution in [0.5, 0.6) is 0 Å². The predicted molar refractivity (Wildman–Crippen MR) is 163 cm³/mol. The molecular weight excluding hydrogens is 604 g/mol. The molecule has 1 unspecified atom stereocenters. The van der Waals surface area contributed by atoms with Crippen LogP contribution in [-0.4, -0.2) is 98.7 Å². The van der Waals surface area contributed by atoms with Gasteiger partial charge in [0.25, 0.3) is 0 Å². The smallest absolute Gasteiger partial charge is 0.408 e. The van der Waals surface area contributed by atoms with Crippen molar-refractivity contribution in [1.82, 2.24) is 41.6 Å². The standard InChI is InChI=1S/C29H48N8O9/c1-26(2,3)46-25(43)31-18-12-11-13-37-14-17(35-36-37)15-45-16-19(21(39)33-29(8,9)24(42)44-10)30-22(40)27(4,5)34-23(41)28(6,7)32-20(18)38/h14,18-19H,11-13,15-16H2,1-10H3,(H,30,40)(H,31,43)(H,32,38)(H,33,39)(H,34,41)/t18?,19-/m0/s1. The molecular formula is C29H48N8O9. The first-order valence-corrected chi connectivity index (χ1v) is 14.9. The molecule has 258 valence electrons. The maximum absolute atomic E-state index is 13.4. The van der Waals surface area contributed by atoms with Crippen molar-refractivity contribution in [2.45, 2.75) is 123 Å². The van der Waals surface area contributed by atoms with E-state index in [1.54, 1.807) is 27.0 Å². The molecule has 17 heteroatoms. The Balaban J connectivity index is 2.38. The Kier molecular flexibility index (Phi) is 12.3. The molecule has 0 saturated carbocycles. The van der Waals surface area contributed by atoms with Crippen LogP contribution >= 0.6 is 0 Å². The zero-order valence-corrected chi connectivity index (χ0v) is 28.3. The molecule has 17 nitrogen and oxygen atoms in total. The minimum atomic E-state index is -1.59. The normalized spacial score (nSPS) is 21.6. The fourth-order valence-corrected chi connectivity index (χ4v) is 4.14. The van der Waals surface area contributed by atoms with E-state index in [2.05, 4.69) is 36.9 Å². The number of alkyl carbamates (subject to hydrolysis) is 1. The summed E-state index contributed by atoms with van der Waals surface area (Å²) in [5, 5.41) is 21.1. The molecule has 46 heavy (non-hydrogen) atoms. The molecule has 0 aliphatic carbocycles. The number of esters is 1. The van der Waals surface area contributed by atoms with Gasteiger partial charge in [-0.05, 0) is 75.2 Å². The van der Waals surface area contributed by atoms with Crippen LogP contribution in [0.25, 0.3) is 0 Å². The number of carbonyl (C=O) groups excluding carboxylic acids is 6. The first-order valence-electron chi connectivity index (χ1n) is 14.9. The zero-order valence-electron chi connectivity index (χ0n) is 28.3. The minimum Gasteiger partial charge on any atom is -0.467 e. The largest absolute Gasteiger partial charge is 0.467 e. The number of hydrogen-bond donors (Lipinski definition) is 5. The van der Waals surface area contributed by atoms with E-state index in [9.17, 15) is 28.8 Å². The number of carbonyl (C=O) groups is 6. The highest BCUT2D eigenvalue weighted by Crippen LogP contribution is 2.13. The van der Waals surface area contributed by atoms with Gasteiger partial charge in [0, 0.05) is 6.54 Å². The lowest BCUT2D eigenvalue weighted by atomic mass is 9.97. The van der Waals surface area contributed by atoms with Crippen LogP contribution in [0.2, 0.25) is 0 Å². The van der Waals surface area contributed by atoms with Crippen molar-refractivity contribution >= 4 is 35.7 Å². The van der Waals surface area contributed by atoms with E-state index in [0.29, 0.717) is 18.7 Å². The average Bonchev–Trinajstić information content (AvgIpc) is 3.36. The van der Waals surface area contributed by atoms with Gasteiger partial charge in [0.1, 0.15) is 40.0 Å². The monoisotopic (exact) mass is 652 g/mol. The third kappa shape index (κ3) is 11.3. The Morgan fingerprint density at radius 1 is 1.02 bits per heavy atom. The first-order chi connectivity index (χ1) is 21.1. The second-order valence-corrected chi connectivity index (χ2v) is 13.7. The van der Waals surface area contributed by atoms with Crippen LogP contribution in [0.15, 0.2) is 6.20 Å². The molecule has 1 aromatic heterocycles. The van der Waals surface area contributed by atoms with Crippen LogP contribution in [-0.2, 0) is 51.3 Å². The lowest BCUT2D eigenvalue weighted by Gasteiger charge is -2.34. The lowest BCUT2D eigenvalue weighted by molar-refractivity contribution is -0.150. The summed E-state index contributed by atoms with van der Waals surface area (Å²) in [7, 11) is 1.18. The fraction of sp³-hybridized carbons (Fsp3) is 0.724. The number of hydrogen-bond acceptors (Lipinski definition) is 11. The molecule has 2 atom stereocenters. The van der Waals surface area contributed by atoms with E-state index in [1.165, 1.54) is 53.3 Å². The molecule has 0 saturated heterocycles. The summed E-state index contributed by atoms with van der Waals surface area (Å²) in [4.78, 5) is 78.2. The second-order valence-electron chi connectivity index (χ2n) is 13.7. The maximum atomic E-state index is 13.4. The molecule has 0 aromatic carbocycles. The van der Waals surface area contributed by atoms with E-state index in [-0.39, 0.29) is 19.6 Å². The number of aryl methyl sites for hydroxylation is 1. The zero-order chi connectivity index (χ0) is 35.1. The molecule has 5 N–H and O–H groups in total. The van der Waals surface area contributed by atoms with Gasteiger partial charge in [-0.25, -0.2) is 9.59 Å². The number of aromatic nitrogens is 3. The number of nitrogens with zero attached hydrogens (tertiary/aromatic N) is 3. The van der Waals surface area contributed by atoms with Gasteiger partial charge in [-0.3, -0.25) is 23.9 Å². The molecule has 2 heterocycles. The molecule has 2 rings (SSSR count). The molecule has 0 fully saturated rings. The van der Waals surface area contributed by atoms with Gasteiger partial charge in [-0.2, -0.15) is 0 Å². The van der Waals surface area contributed by atoms with Gasteiger partial charge in [-0.15, -0.1) is 5.10 Å². The molecule has 5 amide bonds. The van der Waals surface area contributed by atoms with Crippen molar-refractivity contribution in [3.05, 3.63) is 11.9 Å². The molecule has 0 radical (unpaired) electrons. The number of ether oxygens (including phenoxy) is 3. The molecule has 2 bridgehead atoms. The number of amides is 5. The summed E-state index contributed by atoms with van der Waals surface area (Å²) in [6.07, 6.45) is 1.36. The third-order valence-electron chi connectivity index (χ3n) is 6.76. The van der Waals surface area contributed by atoms with Crippen LogP contribution in [0.1, 0.15) is 80.8 Å². The number of nitrogens with one attached hydrogen (secondary N) is 5. The predicted octanol–water partition coefficient (Wildman–Crippen LogP) is -0.176. The fourth-order valence-electron chi connectivity index (χ4n) is 4.14. The van der Waals surface area contributed by atoms with Gasteiger partial charge < -0.3 is 40.8 Å². The summed E-state index contributed by atoms with van der Waals surface area (Å²) in [5.74, 6) is -3.56. The van der Waals surface area contributed by atoms with Crippen molar-refractivity contribution in [3.8, 4) is 0 Å². The topological polar surface area (TPSA) is 221 Å². The quantitative estimate of drug-likeness (QED) is 0.269. The van der Waals surface area contributed by atoms with Crippen molar-refractivity contribution in [2.75, 3.05) is 13.7 Å². The molecule has 1 aromatic rings. The lowest BCUT2D eigenvalue weighted by Crippen LogP contribution is -2.66. The third-order valence-corrected chi connectivity index (χ3v) is 6.76. The van der Waals surface area contributed by atoms with Crippen LogP contribution in [0.3, 0.4) is 0 Å². The minimum absolute atomic E-state index is 0.0698.